The summed E-state index contributed by atoms with van der Waals surface area (Å²) in [6.45, 7) is 5.99. The zero-order valence-corrected chi connectivity index (χ0v) is 17.9. The van der Waals surface area contributed by atoms with E-state index in [1.165, 1.54) is 37.0 Å². The maximum atomic E-state index is 11.1. The summed E-state index contributed by atoms with van der Waals surface area (Å²) in [6.07, 6.45) is 8.44. The predicted octanol–water partition coefficient (Wildman–Crippen LogP) is 2.45. The minimum atomic E-state index is -0.243. The minimum Gasteiger partial charge on any atom is -0.369 e. The maximum absolute atomic E-state index is 11.1. The van der Waals surface area contributed by atoms with Crippen molar-refractivity contribution in [2.45, 2.75) is 63.3 Å². The molecule has 7 heteroatoms. The van der Waals surface area contributed by atoms with Crippen LogP contribution in [-0.4, -0.2) is 55.5 Å². The van der Waals surface area contributed by atoms with E-state index in [0.717, 1.165) is 45.0 Å². The lowest BCUT2D eigenvalue weighted by Crippen LogP contribution is -2.50. The van der Waals surface area contributed by atoms with Crippen molar-refractivity contribution in [1.82, 2.24) is 15.5 Å². The molecule has 1 aliphatic heterocycles. The number of guanidine groups is 1. The Hall–Kier alpha value is -1.60. The molecule has 1 saturated carbocycles. The molecule has 2 aliphatic rings. The van der Waals surface area contributed by atoms with Gasteiger partial charge in [0.15, 0.2) is 5.96 Å². The summed E-state index contributed by atoms with van der Waals surface area (Å²) in [7, 11) is 0. The summed E-state index contributed by atoms with van der Waals surface area (Å²) in [4.78, 5) is 19.8. The third-order valence-electron chi connectivity index (χ3n) is 6.05. The first-order chi connectivity index (χ1) is 13.6. The number of hydrogen-bond donors (Lipinski definition) is 3. The highest BCUT2D eigenvalue weighted by atomic mass is 32.1. The Balaban J connectivity index is 1.61. The van der Waals surface area contributed by atoms with Gasteiger partial charge in [0, 0.05) is 36.0 Å². The van der Waals surface area contributed by atoms with Crippen LogP contribution in [0.1, 0.15) is 56.7 Å². The molecule has 0 unspecified atom stereocenters. The van der Waals surface area contributed by atoms with E-state index in [1.807, 2.05) is 11.3 Å². The van der Waals surface area contributed by atoms with Crippen molar-refractivity contribution in [1.29, 1.82) is 0 Å². The number of piperidine rings is 1. The van der Waals surface area contributed by atoms with Gasteiger partial charge in [-0.2, -0.15) is 0 Å². The number of nitrogens with one attached hydrogen (secondary N) is 2. The molecule has 0 aromatic carbocycles. The molecule has 2 fully saturated rings. The highest BCUT2D eigenvalue weighted by Gasteiger charge is 2.35. The number of rotatable bonds is 7. The van der Waals surface area contributed by atoms with Gasteiger partial charge in [-0.05, 0) is 44.1 Å². The molecule has 1 aromatic rings. The van der Waals surface area contributed by atoms with Gasteiger partial charge in [0.05, 0.1) is 13.1 Å². The molecule has 3 rings (SSSR count). The Labute approximate surface area is 173 Å². The first-order valence-electron chi connectivity index (χ1n) is 10.7. The third-order valence-corrected chi connectivity index (χ3v) is 7.16. The van der Waals surface area contributed by atoms with Crippen molar-refractivity contribution in [2.75, 3.05) is 32.7 Å². The molecule has 0 atom stereocenters. The Kier molecular flexibility index (Phi) is 7.73. The molecule has 0 radical (unpaired) electrons. The van der Waals surface area contributed by atoms with Gasteiger partial charge in [0.25, 0.3) is 0 Å². The van der Waals surface area contributed by atoms with Gasteiger partial charge >= 0.3 is 0 Å². The molecule has 156 valence electrons. The molecular weight excluding hydrogens is 370 g/mol. The molecule has 6 nitrogen and oxygen atoms in total. The highest BCUT2D eigenvalue weighted by molar-refractivity contribution is 7.10. The summed E-state index contributed by atoms with van der Waals surface area (Å²) in [5.41, 5.74) is 5.52. The van der Waals surface area contributed by atoms with Crippen LogP contribution < -0.4 is 16.4 Å². The summed E-state index contributed by atoms with van der Waals surface area (Å²) in [6, 6.07) is 4.86. The Morgan fingerprint density at radius 1 is 1.32 bits per heavy atom. The van der Waals surface area contributed by atoms with Crippen LogP contribution in [0.2, 0.25) is 0 Å². The highest BCUT2D eigenvalue weighted by Crippen LogP contribution is 2.41. The van der Waals surface area contributed by atoms with Gasteiger partial charge in [-0.3, -0.25) is 14.7 Å². The normalized spacial score (nSPS) is 21.4. The third kappa shape index (κ3) is 5.70. The lowest BCUT2D eigenvalue weighted by Gasteiger charge is -2.36. The van der Waals surface area contributed by atoms with Gasteiger partial charge in [0.1, 0.15) is 0 Å². The largest absolute Gasteiger partial charge is 0.369 e. The van der Waals surface area contributed by atoms with E-state index in [2.05, 4.69) is 40.0 Å². The van der Waals surface area contributed by atoms with E-state index >= 15 is 0 Å². The Morgan fingerprint density at radius 2 is 2.07 bits per heavy atom. The summed E-state index contributed by atoms with van der Waals surface area (Å²) >= 11 is 1.88. The average molecular weight is 406 g/mol. The van der Waals surface area contributed by atoms with Crippen molar-refractivity contribution >= 4 is 23.2 Å². The molecular formula is C21H35N5OS. The van der Waals surface area contributed by atoms with Gasteiger partial charge in [-0.25, -0.2) is 0 Å². The zero-order valence-electron chi connectivity index (χ0n) is 17.1. The lowest BCUT2D eigenvalue weighted by molar-refractivity contribution is -0.119. The van der Waals surface area contributed by atoms with Gasteiger partial charge in [-0.1, -0.05) is 25.3 Å². The zero-order chi connectivity index (χ0) is 19.8. The molecule has 28 heavy (non-hydrogen) atoms. The second-order valence-electron chi connectivity index (χ2n) is 8.17. The molecule has 1 aliphatic carbocycles. The Bertz CT molecular complexity index is 631. The van der Waals surface area contributed by atoms with E-state index in [-0.39, 0.29) is 11.3 Å². The van der Waals surface area contributed by atoms with E-state index in [4.69, 9.17) is 10.7 Å². The SMILES string of the molecule is CCNC(=NCC1(c2cccs2)CCCCC1)NC1CCN(CC(N)=O)CC1. The first kappa shape index (κ1) is 21.1. The number of carbonyl (C=O) groups excluding carboxylic acids is 1. The van der Waals surface area contributed by atoms with E-state index in [1.54, 1.807) is 0 Å². The van der Waals surface area contributed by atoms with Crippen LogP contribution in [-0.2, 0) is 10.2 Å². The number of aliphatic imine (C=N–C) groups is 1. The molecule has 1 aromatic heterocycles. The van der Waals surface area contributed by atoms with Gasteiger partial charge in [0.2, 0.25) is 5.91 Å². The monoisotopic (exact) mass is 405 g/mol. The fraction of sp³-hybridized carbons (Fsp3) is 0.714. The van der Waals surface area contributed by atoms with Gasteiger partial charge < -0.3 is 16.4 Å². The molecule has 1 amide bonds. The number of likely N-dealkylation sites (tertiary alicyclic amines) is 1. The maximum Gasteiger partial charge on any atom is 0.231 e. The van der Waals surface area contributed by atoms with Crippen LogP contribution in [0, 0.1) is 0 Å². The molecule has 2 heterocycles. The van der Waals surface area contributed by atoms with E-state index in [0.29, 0.717) is 12.6 Å². The number of nitrogens with two attached hydrogens (primary N) is 1. The van der Waals surface area contributed by atoms with Crippen LogP contribution in [0.5, 0.6) is 0 Å². The number of hydrogen-bond acceptors (Lipinski definition) is 4. The van der Waals surface area contributed by atoms with Crippen LogP contribution in [0.3, 0.4) is 0 Å². The van der Waals surface area contributed by atoms with Crippen molar-refractivity contribution in [3.8, 4) is 0 Å². The summed E-state index contributed by atoms with van der Waals surface area (Å²) < 4.78 is 0. The number of thiophene rings is 1. The van der Waals surface area contributed by atoms with Crippen molar-refractivity contribution < 1.29 is 4.79 Å². The summed E-state index contributed by atoms with van der Waals surface area (Å²) in [5, 5.41) is 9.26. The second kappa shape index (κ2) is 10.3. The van der Waals surface area contributed by atoms with E-state index < -0.39 is 0 Å². The number of carbonyl (C=O) groups is 1. The molecule has 0 bridgehead atoms. The van der Waals surface area contributed by atoms with Crippen LogP contribution in [0.15, 0.2) is 22.5 Å². The Morgan fingerprint density at radius 3 is 2.68 bits per heavy atom. The summed E-state index contributed by atoms with van der Waals surface area (Å²) in [5.74, 6) is 0.685. The van der Waals surface area contributed by atoms with Crippen LogP contribution in [0.4, 0.5) is 0 Å². The van der Waals surface area contributed by atoms with E-state index in [9.17, 15) is 4.79 Å². The minimum absolute atomic E-state index is 0.208. The van der Waals surface area contributed by atoms with Crippen molar-refractivity contribution in [2.24, 2.45) is 10.7 Å². The molecule has 4 N–H and O–H groups in total. The quantitative estimate of drug-likeness (QED) is 0.481. The van der Waals surface area contributed by atoms with Crippen molar-refractivity contribution in [3.05, 3.63) is 22.4 Å². The fourth-order valence-corrected chi connectivity index (χ4v) is 5.47. The lowest BCUT2D eigenvalue weighted by atomic mass is 9.73. The number of primary amides is 1. The smallest absolute Gasteiger partial charge is 0.231 e. The molecule has 1 saturated heterocycles. The van der Waals surface area contributed by atoms with Crippen LogP contribution >= 0.6 is 11.3 Å². The second-order valence-corrected chi connectivity index (χ2v) is 9.12. The van der Waals surface area contributed by atoms with Crippen LogP contribution in [0.25, 0.3) is 0 Å². The number of nitrogens with zero attached hydrogens (tertiary/aromatic N) is 2. The first-order valence-corrected chi connectivity index (χ1v) is 11.6. The molecule has 0 spiro atoms. The van der Waals surface area contributed by atoms with Gasteiger partial charge in [-0.15, -0.1) is 11.3 Å². The predicted molar refractivity (Wildman–Crippen MR) is 117 cm³/mol. The standard InChI is InChI=1S/C21H35N5OS/c1-2-23-20(25-17-8-12-26(13-9-17)15-19(22)27)24-16-21(10-4-3-5-11-21)18-7-6-14-28-18/h6-7,14,17H,2-5,8-13,15-16H2,1H3,(H2,22,27)(H2,23,24,25). The van der Waals surface area contributed by atoms with Crippen molar-refractivity contribution in [3.63, 3.8) is 0 Å². The fourth-order valence-electron chi connectivity index (χ4n) is 4.49. The number of amides is 1. The average Bonchev–Trinajstić information content (AvgIpc) is 3.24. The topological polar surface area (TPSA) is 82.8 Å².